The van der Waals surface area contributed by atoms with Gasteiger partial charge in [-0.3, -0.25) is 4.72 Å². The van der Waals surface area contributed by atoms with Gasteiger partial charge in [0.05, 0.1) is 11.8 Å². The van der Waals surface area contributed by atoms with Gasteiger partial charge in [0, 0.05) is 22.7 Å². The predicted octanol–water partition coefficient (Wildman–Crippen LogP) is 4.05. The van der Waals surface area contributed by atoms with Gasteiger partial charge in [-0.1, -0.05) is 0 Å². The molecule has 0 bridgehead atoms. The number of rotatable bonds is 6. The highest BCUT2D eigenvalue weighted by atomic mass is 32.2. The van der Waals surface area contributed by atoms with Gasteiger partial charge in [0.1, 0.15) is 11.5 Å². The van der Waals surface area contributed by atoms with Crippen molar-refractivity contribution in [3.8, 4) is 11.5 Å². The zero-order valence-corrected chi connectivity index (χ0v) is 15.6. The van der Waals surface area contributed by atoms with Crippen LogP contribution < -0.4 is 15.2 Å². The second-order valence-corrected chi connectivity index (χ2v) is 7.96. The van der Waals surface area contributed by atoms with Gasteiger partial charge < -0.3 is 10.5 Å². The molecule has 0 aromatic heterocycles. The van der Waals surface area contributed by atoms with Crippen LogP contribution in [0.5, 0.6) is 11.5 Å². The molecule has 2 aromatic carbocycles. The molecule has 142 valence electrons. The number of thioether (sulfide) groups is 1. The van der Waals surface area contributed by atoms with Crippen molar-refractivity contribution in [3.05, 3.63) is 47.5 Å². The molecule has 10 heteroatoms. The van der Waals surface area contributed by atoms with Gasteiger partial charge in [-0.15, -0.1) is 11.8 Å². The van der Waals surface area contributed by atoms with Crippen LogP contribution in [-0.4, -0.2) is 20.9 Å². The molecule has 0 amide bonds. The summed E-state index contributed by atoms with van der Waals surface area (Å²) < 4.78 is 69.9. The molecule has 0 saturated heterocycles. The third kappa shape index (κ3) is 5.29. The standard InChI is InChI=1S/C16H17F3N2O3S2/c1-25-15-6-4-12(8-13(15)16(17,18)19)24-14-5-3-11(7-10(14)9-20)21-26(2,22)23/h3-8,21H,9,20H2,1-2H3. The number of nitrogens with two attached hydrogens (primary N) is 1. The summed E-state index contributed by atoms with van der Waals surface area (Å²) in [4.78, 5) is 0.0941. The quantitative estimate of drug-likeness (QED) is 0.708. The Morgan fingerprint density at radius 2 is 1.88 bits per heavy atom. The first-order valence-corrected chi connectivity index (χ1v) is 10.4. The number of ether oxygens (including phenoxy) is 1. The average Bonchev–Trinajstić information content (AvgIpc) is 2.54. The van der Waals surface area contributed by atoms with Crippen molar-refractivity contribution in [3.63, 3.8) is 0 Å². The fourth-order valence-corrected chi connectivity index (χ4v) is 3.37. The van der Waals surface area contributed by atoms with E-state index in [0.29, 0.717) is 5.56 Å². The second kappa shape index (κ2) is 7.77. The van der Waals surface area contributed by atoms with E-state index in [1.807, 2.05) is 0 Å². The first-order valence-electron chi connectivity index (χ1n) is 7.27. The van der Waals surface area contributed by atoms with Gasteiger partial charge >= 0.3 is 6.18 Å². The summed E-state index contributed by atoms with van der Waals surface area (Å²) in [5.74, 6) is 0.255. The summed E-state index contributed by atoms with van der Waals surface area (Å²) in [5.41, 5.74) is 5.59. The lowest BCUT2D eigenvalue weighted by Gasteiger charge is -2.15. The zero-order chi connectivity index (χ0) is 19.5. The lowest BCUT2D eigenvalue weighted by atomic mass is 10.1. The molecule has 26 heavy (non-hydrogen) atoms. The number of hydrogen-bond acceptors (Lipinski definition) is 5. The largest absolute Gasteiger partial charge is 0.457 e. The molecule has 0 fully saturated rings. The van der Waals surface area contributed by atoms with E-state index in [1.54, 1.807) is 6.26 Å². The molecular formula is C16H17F3N2O3S2. The van der Waals surface area contributed by atoms with Crippen LogP contribution in [0.25, 0.3) is 0 Å². The van der Waals surface area contributed by atoms with Crippen LogP contribution in [0.3, 0.4) is 0 Å². The van der Waals surface area contributed by atoms with Gasteiger partial charge in [-0.2, -0.15) is 13.2 Å². The Morgan fingerprint density at radius 3 is 2.42 bits per heavy atom. The number of halogens is 3. The smallest absolute Gasteiger partial charge is 0.417 e. The van der Waals surface area contributed by atoms with Crippen molar-refractivity contribution in [1.29, 1.82) is 0 Å². The van der Waals surface area contributed by atoms with Crippen molar-refractivity contribution in [2.75, 3.05) is 17.2 Å². The van der Waals surface area contributed by atoms with Crippen molar-refractivity contribution < 1.29 is 26.3 Å². The van der Waals surface area contributed by atoms with Crippen LogP contribution in [0.2, 0.25) is 0 Å². The Morgan fingerprint density at radius 1 is 1.19 bits per heavy atom. The molecule has 5 nitrogen and oxygen atoms in total. The summed E-state index contributed by atoms with van der Waals surface area (Å²) in [7, 11) is -3.46. The predicted molar refractivity (Wildman–Crippen MR) is 96.1 cm³/mol. The van der Waals surface area contributed by atoms with Crippen molar-refractivity contribution in [1.82, 2.24) is 0 Å². The molecule has 0 atom stereocenters. The van der Waals surface area contributed by atoms with E-state index >= 15 is 0 Å². The topological polar surface area (TPSA) is 81.4 Å². The molecule has 0 aliphatic rings. The minimum atomic E-state index is -4.50. The van der Waals surface area contributed by atoms with Crippen LogP contribution in [0.15, 0.2) is 41.3 Å². The second-order valence-electron chi connectivity index (χ2n) is 5.36. The van der Waals surface area contributed by atoms with Crippen LogP contribution in [0, 0.1) is 0 Å². The minimum Gasteiger partial charge on any atom is -0.457 e. The molecule has 0 heterocycles. The summed E-state index contributed by atoms with van der Waals surface area (Å²) in [6.45, 7) is 0.0175. The summed E-state index contributed by atoms with van der Waals surface area (Å²) >= 11 is 0.991. The van der Waals surface area contributed by atoms with Crippen molar-refractivity contribution in [2.24, 2.45) is 5.73 Å². The number of hydrogen-bond donors (Lipinski definition) is 2. The Labute approximate surface area is 153 Å². The number of nitrogens with one attached hydrogen (secondary N) is 1. The maximum absolute atomic E-state index is 13.2. The molecule has 2 aromatic rings. The number of alkyl halides is 3. The molecule has 2 rings (SSSR count). The lowest BCUT2D eigenvalue weighted by Crippen LogP contribution is -2.10. The lowest BCUT2D eigenvalue weighted by molar-refractivity contribution is -0.139. The van der Waals surface area contributed by atoms with Crippen LogP contribution in [-0.2, 0) is 22.7 Å². The highest BCUT2D eigenvalue weighted by molar-refractivity contribution is 7.98. The third-order valence-electron chi connectivity index (χ3n) is 3.29. The monoisotopic (exact) mass is 406 g/mol. The normalized spacial score (nSPS) is 12.1. The molecule has 0 spiro atoms. The van der Waals surface area contributed by atoms with Crippen LogP contribution in [0.4, 0.5) is 18.9 Å². The van der Waals surface area contributed by atoms with E-state index in [0.717, 1.165) is 24.1 Å². The van der Waals surface area contributed by atoms with Crippen molar-refractivity contribution in [2.45, 2.75) is 17.6 Å². The molecule has 0 saturated carbocycles. The summed E-state index contributed by atoms with van der Waals surface area (Å²) in [6.07, 6.45) is -1.94. The van der Waals surface area contributed by atoms with Crippen LogP contribution >= 0.6 is 11.8 Å². The summed E-state index contributed by atoms with van der Waals surface area (Å²) in [6, 6.07) is 8.06. The van der Waals surface area contributed by atoms with E-state index in [1.165, 1.54) is 30.3 Å². The maximum atomic E-state index is 13.2. The molecule has 0 unspecified atom stereocenters. The highest BCUT2D eigenvalue weighted by Gasteiger charge is 2.33. The number of sulfonamides is 1. The Kier molecular flexibility index (Phi) is 6.09. The van der Waals surface area contributed by atoms with Gasteiger partial charge in [0.2, 0.25) is 10.0 Å². The first kappa shape index (κ1) is 20.4. The Bertz CT molecular complexity index is 900. The number of anilines is 1. The van der Waals surface area contributed by atoms with Gasteiger partial charge in [0.25, 0.3) is 0 Å². The Balaban J connectivity index is 2.36. The van der Waals surface area contributed by atoms with E-state index < -0.39 is 21.8 Å². The third-order valence-corrected chi connectivity index (χ3v) is 4.69. The fraction of sp³-hybridized carbons (Fsp3) is 0.250. The molecule has 0 radical (unpaired) electrons. The number of benzene rings is 2. The van der Waals surface area contributed by atoms with E-state index in [-0.39, 0.29) is 28.6 Å². The molecule has 0 aliphatic heterocycles. The average molecular weight is 406 g/mol. The van der Waals surface area contributed by atoms with Gasteiger partial charge in [-0.05, 0) is 42.7 Å². The van der Waals surface area contributed by atoms with Crippen molar-refractivity contribution >= 4 is 27.5 Å². The first-order chi connectivity index (χ1) is 12.0. The Hall–Kier alpha value is -1.91. The van der Waals surface area contributed by atoms with E-state index in [4.69, 9.17) is 10.5 Å². The SMILES string of the molecule is CSc1ccc(Oc2ccc(NS(C)(=O)=O)cc2CN)cc1C(F)(F)F. The minimum absolute atomic E-state index is 0.00801. The molecular weight excluding hydrogens is 389 g/mol. The van der Waals surface area contributed by atoms with Gasteiger partial charge in [0.15, 0.2) is 0 Å². The highest BCUT2D eigenvalue weighted by Crippen LogP contribution is 2.39. The summed E-state index contributed by atoms with van der Waals surface area (Å²) in [5, 5.41) is 0. The fourth-order valence-electron chi connectivity index (χ4n) is 2.22. The van der Waals surface area contributed by atoms with Gasteiger partial charge in [-0.25, -0.2) is 8.42 Å². The van der Waals surface area contributed by atoms with Crippen LogP contribution in [0.1, 0.15) is 11.1 Å². The maximum Gasteiger partial charge on any atom is 0.417 e. The van der Waals surface area contributed by atoms with E-state index in [9.17, 15) is 21.6 Å². The molecule has 3 N–H and O–H groups in total. The van der Waals surface area contributed by atoms with E-state index in [2.05, 4.69) is 4.72 Å². The zero-order valence-electron chi connectivity index (χ0n) is 13.9. The molecule has 0 aliphatic carbocycles.